The zero-order valence-corrected chi connectivity index (χ0v) is 20.6. The molecule has 3 rings (SSSR count). The van der Waals surface area contributed by atoms with E-state index in [1.165, 1.54) is 17.1 Å². The maximum Gasteiger partial charge on any atom is 0.254 e. The third kappa shape index (κ3) is 6.51. The van der Waals surface area contributed by atoms with Gasteiger partial charge in [-0.2, -0.15) is 15.0 Å². The van der Waals surface area contributed by atoms with Crippen molar-refractivity contribution in [2.24, 2.45) is 5.92 Å². The molecule has 2 atom stereocenters. The summed E-state index contributed by atoms with van der Waals surface area (Å²) in [5.74, 6) is -0.274. The van der Waals surface area contributed by atoms with E-state index < -0.39 is 30.9 Å². The Kier molecular flexibility index (Phi) is 8.88. The van der Waals surface area contributed by atoms with E-state index in [1.807, 2.05) is 13.0 Å². The number of nitriles is 1. The number of fused-ring (bicyclic) bond motifs is 1. The molecule has 11 heteroatoms. The molecule has 0 bridgehead atoms. The highest BCUT2D eigenvalue weighted by Gasteiger charge is 2.24. The summed E-state index contributed by atoms with van der Waals surface area (Å²) >= 11 is 0. The van der Waals surface area contributed by atoms with Gasteiger partial charge in [0.25, 0.3) is 5.91 Å². The standard InChI is InChI=1S/C25H31F2N7O2/c1-16(25(2,3)36)12-31-24(35)20-15-29-22(10-21(20)33-19(6-8-27)5-4-7-26)34-23-18(14-32-34)9-17(11-28)13-30-23/h9-10,13-16,19,36H,4-8,12H2,1-3H3,(H,29,33)(H,31,35)/t16-,19?/m1/s1. The Morgan fingerprint density at radius 1 is 1.19 bits per heavy atom. The van der Waals surface area contributed by atoms with Gasteiger partial charge in [0.2, 0.25) is 0 Å². The molecule has 0 spiro atoms. The number of amides is 1. The maximum atomic E-state index is 13.2. The van der Waals surface area contributed by atoms with Gasteiger partial charge in [0.05, 0.1) is 42.0 Å². The average Bonchev–Trinajstić information content (AvgIpc) is 3.28. The van der Waals surface area contributed by atoms with Crippen LogP contribution in [0.25, 0.3) is 16.9 Å². The number of halogens is 2. The second-order valence-corrected chi connectivity index (χ2v) is 9.31. The molecule has 0 aromatic carbocycles. The quantitative estimate of drug-likeness (QED) is 0.346. The number of nitrogens with zero attached hydrogens (tertiary/aromatic N) is 5. The SMILES string of the molecule is C[C@H](CNC(=O)c1cnc(-n2ncc3cc(C#N)cnc32)cc1NC(CCF)CCCF)C(C)(C)O. The average molecular weight is 500 g/mol. The van der Waals surface area contributed by atoms with Crippen LogP contribution < -0.4 is 10.6 Å². The molecule has 0 saturated carbocycles. The molecule has 192 valence electrons. The van der Waals surface area contributed by atoms with Crippen molar-refractivity contribution in [2.45, 2.75) is 51.7 Å². The topological polar surface area (TPSA) is 129 Å². The number of carbonyl (C=O) groups excluding carboxylic acids is 1. The van der Waals surface area contributed by atoms with Crippen LogP contribution >= 0.6 is 0 Å². The van der Waals surface area contributed by atoms with Crippen LogP contribution in [-0.4, -0.2) is 62.3 Å². The fourth-order valence-corrected chi connectivity index (χ4v) is 3.57. The Bertz CT molecular complexity index is 1230. The summed E-state index contributed by atoms with van der Waals surface area (Å²) in [6, 6.07) is 4.91. The van der Waals surface area contributed by atoms with Crippen LogP contribution in [0.1, 0.15) is 56.0 Å². The van der Waals surface area contributed by atoms with Gasteiger partial charge >= 0.3 is 0 Å². The van der Waals surface area contributed by atoms with Gasteiger partial charge in [0.1, 0.15) is 6.07 Å². The van der Waals surface area contributed by atoms with Gasteiger partial charge in [-0.1, -0.05) is 6.92 Å². The number of hydrogen-bond acceptors (Lipinski definition) is 7. The van der Waals surface area contributed by atoms with Gasteiger partial charge in [0.15, 0.2) is 11.5 Å². The van der Waals surface area contributed by atoms with E-state index in [0.717, 1.165) is 0 Å². The van der Waals surface area contributed by atoms with E-state index in [4.69, 9.17) is 5.26 Å². The fourth-order valence-electron chi connectivity index (χ4n) is 3.57. The molecule has 0 fully saturated rings. The predicted octanol–water partition coefficient (Wildman–Crippen LogP) is 3.71. The van der Waals surface area contributed by atoms with Gasteiger partial charge < -0.3 is 15.7 Å². The second kappa shape index (κ2) is 11.9. The summed E-state index contributed by atoms with van der Waals surface area (Å²) in [5, 5.41) is 30.3. The summed E-state index contributed by atoms with van der Waals surface area (Å²) in [4.78, 5) is 21.8. The molecule has 3 aromatic heterocycles. The number of hydrogen-bond donors (Lipinski definition) is 3. The van der Waals surface area contributed by atoms with Crippen molar-refractivity contribution in [1.82, 2.24) is 25.1 Å². The smallest absolute Gasteiger partial charge is 0.254 e. The van der Waals surface area contributed by atoms with E-state index in [9.17, 15) is 18.7 Å². The van der Waals surface area contributed by atoms with Gasteiger partial charge in [-0.25, -0.2) is 9.97 Å². The highest BCUT2D eigenvalue weighted by molar-refractivity contribution is 5.99. The zero-order valence-electron chi connectivity index (χ0n) is 20.6. The Morgan fingerprint density at radius 2 is 1.97 bits per heavy atom. The first-order valence-corrected chi connectivity index (χ1v) is 11.8. The van der Waals surface area contributed by atoms with Crippen molar-refractivity contribution in [3.63, 3.8) is 0 Å². The Hall–Kier alpha value is -3.65. The number of pyridine rings is 2. The van der Waals surface area contributed by atoms with Gasteiger partial charge in [0, 0.05) is 42.4 Å². The lowest BCUT2D eigenvalue weighted by atomic mass is 9.93. The number of alkyl halides is 2. The minimum absolute atomic E-state index is 0.150. The van der Waals surface area contributed by atoms with E-state index in [1.54, 1.807) is 32.2 Å². The second-order valence-electron chi connectivity index (χ2n) is 9.31. The van der Waals surface area contributed by atoms with Crippen LogP contribution in [0.5, 0.6) is 0 Å². The number of aromatic nitrogens is 4. The van der Waals surface area contributed by atoms with E-state index in [-0.39, 0.29) is 30.9 Å². The molecule has 9 nitrogen and oxygen atoms in total. The third-order valence-corrected chi connectivity index (χ3v) is 6.17. The number of carbonyl (C=O) groups is 1. The molecule has 1 amide bonds. The number of rotatable bonds is 12. The molecule has 0 radical (unpaired) electrons. The number of anilines is 1. The van der Waals surface area contributed by atoms with Crippen LogP contribution in [0.15, 0.2) is 30.7 Å². The molecule has 36 heavy (non-hydrogen) atoms. The van der Waals surface area contributed by atoms with Crippen LogP contribution in [0.4, 0.5) is 14.5 Å². The Balaban J connectivity index is 1.97. The highest BCUT2D eigenvalue weighted by Crippen LogP contribution is 2.24. The van der Waals surface area contributed by atoms with Crippen molar-refractivity contribution in [3.8, 4) is 11.9 Å². The van der Waals surface area contributed by atoms with Crippen molar-refractivity contribution >= 4 is 22.6 Å². The molecule has 0 aliphatic heterocycles. The van der Waals surface area contributed by atoms with Gasteiger partial charge in [-0.05, 0) is 39.2 Å². The number of nitrogens with one attached hydrogen (secondary N) is 2. The minimum Gasteiger partial charge on any atom is -0.390 e. The molecule has 1 unspecified atom stereocenters. The predicted molar refractivity (Wildman–Crippen MR) is 132 cm³/mol. The van der Waals surface area contributed by atoms with Crippen molar-refractivity contribution in [3.05, 3.63) is 41.9 Å². The number of aliphatic hydroxyl groups is 1. The third-order valence-electron chi connectivity index (χ3n) is 6.17. The van der Waals surface area contributed by atoms with Gasteiger partial charge in [-0.3, -0.25) is 13.6 Å². The van der Waals surface area contributed by atoms with Crippen molar-refractivity contribution in [2.75, 3.05) is 25.2 Å². The van der Waals surface area contributed by atoms with E-state index >= 15 is 0 Å². The van der Waals surface area contributed by atoms with Crippen molar-refractivity contribution in [1.29, 1.82) is 5.26 Å². The lowest BCUT2D eigenvalue weighted by Gasteiger charge is -2.26. The normalized spacial score (nSPS) is 13.2. The molecule has 0 aliphatic rings. The monoisotopic (exact) mass is 499 g/mol. The summed E-state index contributed by atoms with van der Waals surface area (Å²) in [6.07, 6.45) is 5.18. The molecule has 0 saturated heterocycles. The zero-order chi connectivity index (χ0) is 26.3. The Morgan fingerprint density at radius 3 is 2.64 bits per heavy atom. The summed E-state index contributed by atoms with van der Waals surface area (Å²) in [5.41, 5.74) is 0.507. The van der Waals surface area contributed by atoms with Gasteiger partial charge in [-0.15, -0.1) is 0 Å². The lowest BCUT2D eigenvalue weighted by molar-refractivity contribution is 0.0252. The van der Waals surface area contributed by atoms with E-state index in [2.05, 4.69) is 25.7 Å². The molecular formula is C25H31F2N7O2. The maximum absolute atomic E-state index is 13.2. The van der Waals surface area contributed by atoms with Crippen molar-refractivity contribution < 1.29 is 18.7 Å². The van der Waals surface area contributed by atoms with Crippen LogP contribution in [0.2, 0.25) is 0 Å². The molecule has 3 N–H and O–H groups in total. The van der Waals surface area contributed by atoms with Crippen LogP contribution in [0.3, 0.4) is 0 Å². The first-order valence-electron chi connectivity index (χ1n) is 11.8. The molecule has 3 heterocycles. The first-order chi connectivity index (χ1) is 17.2. The van der Waals surface area contributed by atoms with Crippen LogP contribution in [0, 0.1) is 17.2 Å². The summed E-state index contributed by atoms with van der Waals surface area (Å²) in [6.45, 7) is 4.27. The largest absolute Gasteiger partial charge is 0.390 e. The Labute approximate surface area is 208 Å². The first kappa shape index (κ1) is 26.9. The molecule has 0 aliphatic carbocycles. The summed E-state index contributed by atoms with van der Waals surface area (Å²) < 4.78 is 27.5. The molecule has 3 aromatic rings. The lowest BCUT2D eigenvalue weighted by Crippen LogP contribution is -2.39. The highest BCUT2D eigenvalue weighted by atomic mass is 19.1. The summed E-state index contributed by atoms with van der Waals surface area (Å²) in [7, 11) is 0. The minimum atomic E-state index is -0.978. The van der Waals surface area contributed by atoms with Crippen LogP contribution in [-0.2, 0) is 0 Å². The van der Waals surface area contributed by atoms with E-state index in [0.29, 0.717) is 34.5 Å². The molecular weight excluding hydrogens is 468 g/mol. The fraction of sp³-hybridized carbons (Fsp3) is 0.480.